The Balaban J connectivity index is 1.28. The van der Waals surface area contributed by atoms with Gasteiger partial charge >= 0.3 is 0 Å². The van der Waals surface area contributed by atoms with Gasteiger partial charge in [0.15, 0.2) is 5.82 Å². The normalized spacial score (nSPS) is 14.6. The lowest BCUT2D eigenvalue weighted by Gasteiger charge is -2.35. The van der Waals surface area contributed by atoms with Gasteiger partial charge in [-0.15, -0.1) is 0 Å². The molecule has 5 rings (SSSR count). The zero-order valence-electron chi connectivity index (χ0n) is 18.1. The molecule has 4 aromatic rings. The lowest BCUT2D eigenvalue weighted by atomic mass is 10.1. The summed E-state index contributed by atoms with van der Waals surface area (Å²) in [5.74, 6) is 0.354. The number of aromatic amines is 1. The molecule has 2 aromatic carbocycles. The van der Waals surface area contributed by atoms with E-state index < -0.39 is 0 Å². The van der Waals surface area contributed by atoms with Crippen LogP contribution in [-0.2, 0) is 0 Å². The Kier molecular flexibility index (Phi) is 5.56. The van der Waals surface area contributed by atoms with Crippen molar-refractivity contribution in [2.24, 2.45) is 0 Å². The Bertz CT molecular complexity index is 1210. The minimum atomic E-state index is -0.172. The van der Waals surface area contributed by atoms with Crippen LogP contribution >= 0.6 is 0 Å². The van der Waals surface area contributed by atoms with Gasteiger partial charge in [0.05, 0.1) is 11.2 Å². The van der Waals surface area contributed by atoms with E-state index in [0.29, 0.717) is 11.4 Å². The molecule has 3 heterocycles. The summed E-state index contributed by atoms with van der Waals surface area (Å²) in [5, 5.41) is 11.1. The minimum absolute atomic E-state index is 0.172. The lowest BCUT2D eigenvalue weighted by molar-refractivity contribution is 0.102. The van der Waals surface area contributed by atoms with Crippen molar-refractivity contribution in [1.29, 1.82) is 0 Å². The molecule has 1 fully saturated rings. The van der Waals surface area contributed by atoms with E-state index in [1.165, 1.54) is 0 Å². The second kappa shape index (κ2) is 8.80. The molecule has 32 heavy (non-hydrogen) atoms. The summed E-state index contributed by atoms with van der Waals surface area (Å²) in [4.78, 5) is 22.0. The number of carbonyl (C=O) groups is 1. The smallest absolute Gasteiger partial charge is 0.256 e. The van der Waals surface area contributed by atoms with Crippen molar-refractivity contribution in [3.63, 3.8) is 0 Å². The van der Waals surface area contributed by atoms with Crippen molar-refractivity contribution in [3.8, 4) is 11.3 Å². The summed E-state index contributed by atoms with van der Waals surface area (Å²) in [6.07, 6.45) is 1.77. The molecular formula is C25H26N6O. The highest BCUT2D eigenvalue weighted by molar-refractivity contribution is 6.08. The number of likely N-dealkylation sites (N-methyl/N-ethyl adjacent to an activating group) is 1. The van der Waals surface area contributed by atoms with Crippen LogP contribution in [0.15, 0.2) is 66.9 Å². The third kappa shape index (κ3) is 4.07. The van der Waals surface area contributed by atoms with E-state index in [4.69, 9.17) is 0 Å². The predicted molar refractivity (Wildman–Crippen MR) is 128 cm³/mol. The van der Waals surface area contributed by atoms with E-state index in [2.05, 4.69) is 37.2 Å². The monoisotopic (exact) mass is 426 g/mol. The molecular weight excluding hydrogens is 400 g/mol. The number of benzene rings is 2. The molecule has 2 aromatic heterocycles. The van der Waals surface area contributed by atoms with Crippen molar-refractivity contribution in [3.05, 3.63) is 72.4 Å². The molecule has 0 bridgehead atoms. The molecule has 7 heteroatoms. The molecule has 162 valence electrons. The second-order valence-corrected chi connectivity index (χ2v) is 7.97. The van der Waals surface area contributed by atoms with Crippen molar-refractivity contribution in [2.75, 3.05) is 42.9 Å². The van der Waals surface area contributed by atoms with Crippen molar-refractivity contribution >= 4 is 28.3 Å². The first-order valence-corrected chi connectivity index (χ1v) is 11.0. The Morgan fingerprint density at radius 3 is 2.56 bits per heavy atom. The van der Waals surface area contributed by atoms with Gasteiger partial charge in [-0.3, -0.25) is 14.9 Å². The summed E-state index contributed by atoms with van der Waals surface area (Å²) >= 11 is 0. The fraction of sp³-hybridized carbons (Fsp3) is 0.240. The SMILES string of the molecule is CCN1CCN(c2ccc(C(=O)Nc3n[nH]c4cc(-c5ccccn5)ccc34)cc2)CC1. The van der Waals surface area contributed by atoms with Gasteiger partial charge in [-0.25, -0.2) is 0 Å². The highest BCUT2D eigenvalue weighted by Gasteiger charge is 2.17. The molecule has 1 aliphatic heterocycles. The second-order valence-electron chi connectivity index (χ2n) is 7.97. The summed E-state index contributed by atoms with van der Waals surface area (Å²) in [6, 6.07) is 19.6. The number of aromatic nitrogens is 3. The van der Waals surface area contributed by atoms with Crippen LogP contribution in [0.5, 0.6) is 0 Å². The summed E-state index contributed by atoms with van der Waals surface area (Å²) in [7, 11) is 0. The minimum Gasteiger partial charge on any atom is -0.369 e. The van der Waals surface area contributed by atoms with Gasteiger partial charge in [-0.1, -0.05) is 19.1 Å². The molecule has 2 N–H and O–H groups in total. The van der Waals surface area contributed by atoms with Gasteiger partial charge in [0, 0.05) is 54.6 Å². The average Bonchev–Trinajstić information content (AvgIpc) is 3.26. The molecule has 7 nitrogen and oxygen atoms in total. The Morgan fingerprint density at radius 1 is 1.03 bits per heavy atom. The van der Waals surface area contributed by atoms with E-state index in [0.717, 1.165) is 60.6 Å². The van der Waals surface area contributed by atoms with Crippen LogP contribution in [-0.4, -0.2) is 58.7 Å². The zero-order chi connectivity index (χ0) is 21.9. The van der Waals surface area contributed by atoms with Crippen LogP contribution in [0.25, 0.3) is 22.2 Å². The third-order valence-corrected chi connectivity index (χ3v) is 6.07. The van der Waals surface area contributed by atoms with Crippen molar-refractivity contribution < 1.29 is 4.79 Å². The fourth-order valence-electron chi connectivity index (χ4n) is 4.13. The molecule has 0 atom stereocenters. The Morgan fingerprint density at radius 2 is 1.84 bits per heavy atom. The van der Waals surface area contributed by atoms with E-state index in [-0.39, 0.29) is 5.91 Å². The van der Waals surface area contributed by atoms with Crippen LogP contribution in [0.2, 0.25) is 0 Å². The number of H-pyrrole nitrogens is 1. The first-order chi connectivity index (χ1) is 15.7. The molecule has 0 radical (unpaired) electrons. The Hall–Kier alpha value is -3.71. The van der Waals surface area contributed by atoms with Crippen molar-refractivity contribution in [2.45, 2.75) is 6.92 Å². The number of anilines is 2. The van der Waals surface area contributed by atoms with E-state index in [1.54, 1.807) is 6.20 Å². The lowest BCUT2D eigenvalue weighted by Crippen LogP contribution is -2.46. The number of hydrogen-bond acceptors (Lipinski definition) is 5. The number of nitrogens with zero attached hydrogens (tertiary/aromatic N) is 4. The highest BCUT2D eigenvalue weighted by atomic mass is 16.1. The number of nitrogens with one attached hydrogen (secondary N) is 2. The first kappa shape index (κ1) is 20.2. The van der Waals surface area contributed by atoms with E-state index in [1.807, 2.05) is 60.7 Å². The Labute approximate surface area is 187 Å². The topological polar surface area (TPSA) is 77.1 Å². The molecule has 1 aliphatic rings. The summed E-state index contributed by atoms with van der Waals surface area (Å²) in [5.41, 5.74) is 4.51. The van der Waals surface area contributed by atoms with Gasteiger partial charge < -0.3 is 15.1 Å². The van der Waals surface area contributed by atoms with Crippen LogP contribution in [0.1, 0.15) is 17.3 Å². The maximum absolute atomic E-state index is 12.8. The molecule has 0 saturated carbocycles. The van der Waals surface area contributed by atoms with E-state index >= 15 is 0 Å². The maximum atomic E-state index is 12.8. The number of amides is 1. The number of carbonyl (C=O) groups excluding carboxylic acids is 1. The van der Waals surface area contributed by atoms with Crippen LogP contribution in [0.4, 0.5) is 11.5 Å². The quantitative estimate of drug-likeness (QED) is 0.504. The van der Waals surface area contributed by atoms with Gasteiger partial charge in [0.2, 0.25) is 0 Å². The molecule has 1 amide bonds. The van der Waals surface area contributed by atoms with Gasteiger partial charge in [0.1, 0.15) is 0 Å². The van der Waals surface area contributed by atoms with Crippen LogP contribution in [0, 0.1) is 0 Å². The number of fused-ring (bicyclic) bond motifs is 1. The maximum Gasteiger partial charge on any atom is 0.256 e. The molecule has 0 aliphatic carbocycles. The van der Waals surface area contributed by atoms with Gasteiger partial charge in [0.25, 0.3) is 5.91 Å². The summed E-state index contributed by atoms with van der Waals surface area (Å²) < 4.78 is 0. The number of hydrogen-bond donors (Lipinski definition) is 2. The number of pyridine rings is 1. The predicted octanol–water partition coefficient (Wildman–Crippen LogP) is 4.02. The van der Waals surface area contributed by atoms with E-state index in [9.17, 15) is 4.79 Å². The van der Waals surface area contributed by atoms with Gasteiger partial charge in [-0.2, -0.15) is 5.10 Å². The van der Waals surface area contributed by atoms with Crippen LogP contribution in [0.3, 0.4) is 0 Å². The summed E-state index contributed by atoms with van der Waals surface area (Å²) in [6.45, 7) is 7.47. The average molecular weight is 427 g/mol. The molecule has 0 spiro atoms. The van der Waals surface area contributed by atoms with Crippen LogP contribution < -0.4 is 10.2 Å². The number of piperazine rings is 1. The fourth-order valence-corrected chi connectivity index (χ4v) is 4.13. The highest BCUT2D eigenvalue weighted by Crippen LogP contribution is 2.26. The molecule has 1 saturated heterocycles. The number of rotatable bonds is 5. The first-order valence-electron chi connectivity index (χ1n) is 11.0. The third-order valence-electron chi connectivity index (χ3n) is 6.07. The van der Waals surface area contributed by atoms with Crippen molar-refractivity contribution in [1.82, 2.24) is 20.1 Å². The van der Waals surface area contributed by atoms with Gasteiger partial charge in [-0.05, 0) is 55.1 Å². The largest absolute Gasteiger partial charge is 0.369 e. The standard InChI is InChI=1S/C25H26N6O/c1-2-30-13-15-31(16-14-30)20-9-6-18(7-10-20)25(32)27-24-21-11-8-19(17-23(21)28-29-24)22-5-3-4-12-26-22/h3-12,17H,2,13-16H2,1H3,(H2,27,28,29,32). The zero-order valence-corrected chi connectivity index (χ0v) is 18.1. The molecule has 0 unspecified atom stereocenters.